The van der Waals surface area contributed by atoms with Gasteiger partial charge in [-0.25, -0.2) is 0 Å². The third-order valence-electron chi connectivity index (χ3n) is 7.75. The molecule has 0 fully saturated rings. The van der Waals surface area contributed by atoms with Gasteiger partial charge in [-0.15, -0.1) is 0 Å². The van der Waals surface area contributed by atoms with Crippen molar-refractivity contribution in [3.63, 3.8) is 0 Å². The quantitative estimate of drug-likeness (QED) is 0.110. The molecule has 0 saturated heterocycles. The zero-order valence-corrected chi connectivity index (χ0v) is 23.2. The highest BCUT2D eigenvalue weighted by Crippen LogP contribution is 2.36. The lowest BCUT2D eigenvalue weighted by atomic mass is 9.79. The summed E-state index contributed by atoms with van der Waals surface area (Å²) in [5.74, 6) is 1.14. The van der Waals surface area contributed by atoms with Crippen LogP contribution in [0.3, 0.4) is 0 Å². The molecule has 1 aliphatic heterocycles. The molecule has 35 heavy (non-hydrogen) atoms. The van der Waals surface area contributed by atoms with Crippen molar-refractivity contribution < 1.29 is 0 Å². The zero-order chi connectivity index (χ0) is 24.8. The van der Waals surface area contributed by atoms with Crippen molar-refractivity contribution in [1.29, 1.82) is 0 Å². The predicted octanol–water partition coefficient (Wildman–Crippen LogP) is 10.6. The lowest BCUT2D eigenvalue weighted by Crippen LogP contribution is -2.22. The zero-order valence-electron chi connectivity index (χ0n) is 23.2. The highest BCUT2D eigenvalue weighted by Gasteiger charge is 2.34. The van der Waals surface area contributed by atoms with Crippen LogP contribution in [0.5, 0.6) is 0 Å². The fourth-order valence-corrected chi connectivity index (χ4v) is 5.67. The van der Waals surface area contributed by atoms with Crippen LogP contribution in [0.15, 0.2) is 40.3 Å². The number of benzene rings is 1. The Morgan fingerprint density at radius 2 is 1.06 bits per heavy atom. The predicted molar refractivity (Wildman–Crippen MR) is 156 cm³/mol. The summed E-state index contributed by atoms with van der Waals surface area (Å²) in [6.45, 7) is 4.61. The standard InChI is InChI=1S/C33H55N2/c1-3-5-6-7-8-9-10-11-12-13-14-15-16-17-18-22-26-32(33-34-27-28-35-33)31(23-4-2)29-30-24-20-19-21-25-30/h19-21,24-25,27-28,31-32H,3-18,22-23,26,29H2,1-2H3/q+1. The third-order valence-corrected chi connectivity index (χ3v) is 7.75. The van der Waals surface area contributed by atoms with Gasteiger partial charge in [-0.1, -0.05) is 163 Å². The number of nitrogens with zero attached hydrogens (tertiary/aromatic N) is 2. The number of unbranched alkanes of at least 4 members (excludes halogenated alkanes) is 15. The van der Waals surface area contributed by atoms with E-state index in [1.54, 1.807) is 0 Å². The van der Waals surface area contributed by atoms with Crippen LogP contribution in [0, 0.1) is 18.0 Å². The summed E-state index contributed by atoms with van der Waals surface area (Å²) in [5.41, 5.74) is 1.45. The molecule has 2 unspecified atom stereocenters. The van der Waals surface area contributed by atoms with E-state index in [1.165, 1.54) is 128 Å². The first kappa shape index (κ1) is 29.7. The molecule has 2 rings (SSSR count). The second kappa shape index (κ2) is 20.6. The number of hydrogen-bond donors (Lipinski definition) is 0. The van der Waals surface area contributed by atoms with Gasteiger partial charge >= 0.3 is 0 Å². The van der Waals surface area contributed by atoms with E-state index >= 15 is 0 Å². The lowest BCUT2D eigenvalue weighted by molar-refractivity contribution is 0.290. The fourth-order valence-electron chi connectivity index (χ4n) is 5.67. The third kappa shape index (κ3) is 13.9. The van der Waals surface area contributed by atoms with Crippen LogP contribution in [0.1, 0.15) is 141 Å². The minimum atomic E-state index is 0.497. The summed E-state index contributed by atoms with van der Waals surface area (Å²) in [6.07, 6.45) is 32.5. The van der Waals surface area contributed by atoms with Crippen LogP contribution in [0.25, 0.3) is 0 Å². The molecule has 0 bridgehead atoms. The van der Waals surface area contributed by atoms with E-state index in [-0.39, 0.29) is 0 Å². The summed E-state index contributed by atoms with van der Waals surface area (Å²) >= 11 is 0. The Bertz CT molecular complexity index is 638. The van der Waals surface area contributed by atoms with Crippen molar-refractivity contribution >= 4 is 12.4 Å². The molecule has 0 N–H and O–H groups in total. The molecule has 0 aromatic heterocycles. The molecule has 0 aliphatic carbocycles. The van der Waals surface area contributed by atoms with Crippen LogP contribution < -0.4 is 0 Å². The van der Waals surface area contributed by atoms with Crippen LogP contribution in [0.2, 0.25) is 0 Å². The average molecular weight is 480 g/mol. The van der Waals surface area contributed by atoms with Crippen LogP contribution in [-0.4, -0.2) is 12.4 Å². The minimum Gasteiger partial charge on any atom is -0.0965 e. The molecule has 0 radical (unpaired) electrons. The van der Waals surface area contributed by atoms with Gasteiger partial charge in [0.2, 0.25) is 6.17 Å². The van der Waals surface area contributed by atoms with Gasteiger partial charge in [0.1, 0.15) is 0 Å². The van der Waals surface area contributed by atoms with Gasteiger partial charge in [0, 0.05) is 0 Å². The molecule has 2 nitrogen and oxygen atoms in total. The molecular weight excluding hydrogens is 424 g/mol. The van der Waals surface area contributed by atoms with Crippen molar-refractivity contribution in [2.75, 3.05) is 0 Å². The van der Waals surface area contributed by atoms with Gasteiger partial charge in [0.25, 0.3) is 0 Å². The molecule has 0 saturated carbocycles. The van der Waals surface area contributed by atoms with Crippen molar-refractivity contribution in [3.8, 4) is 0 Å². The monoisotopic (exact) mass is 479 g/mol. The second-order valence-electron chi connectivity index (χ2n) is 10.9. The summed E-state index contributed by atoms with van der Waals surface area (Å²) in [4.78, 5) is 9.28. The molecule has 1 aromatic carbocycles. The Labute approximate surface area is 218 Å². The van der Waals surface area contributed by atoms with Gasteiger partial charge < -0.3 is 0 Å². The molecule has 0 amide bonds. The number of hydrogen-bond acceptors (Lipinski definition) is 2. The van der Waals surface area contributed by atoms with E-state index in [2.05, 4.69) is 54.2 Å². The summed E-state index contributed by atoms with van der Waals surface area (Å²) in [6, 6.07) is 11.0. The Hall–Kier alpha value is -1.57. The number of aliphatic imine (C=N–C) groups is 2. The van der Waals surface area contributed by atoms with Crippen molar-refractivity contribution in [2.24, 2.45) is 21.8 Å². The van der Waals surface area contributed by atoms with Crippen molar-refractivity contribution in [2.45, 2.75) is 142 Å². The maximum Gasteiger partial charge on any atom is 0.244 e. The van der Waals surface area contributed by atoms with Crippen molar-refractivity contribution in [3.05, 3.63) is 42.1 Å². The molecule has 0 spiro atoms. The van der Waals surface area contributed by atoms with Gasteiger partial charge in [-0.05, 0) is 30.7 Å². The van der Waals surface area contributed by atoms with E-state index in [4.69, 9.17) is 0 Å². The molecule has 2 atom stereocenters. The smallest absolute Gasteiger partial charge is 0.0965 e. The highest BCUT2D eigenvalue weighted by atomic mass is 15.0. The summed E-state index contributed by atoms with van der Waals surface area (Å²) in [5, 5.41) is 0. The first-order chi connectivity index (χ1) is 17.3. The Morgan fingerprint density at radius 1 is 0.571 bits per heavy atom. The van der Waals surface area contributed by atoms with Gasteiger partial charge in [-0.3, -0.25) is 0 Å². The van der Waals surface area contributed by atoms with E-state index < -0.39 is 0 Å². The van der Waals surface area contributed by atoms with E-state index in [1.807, 2.05) is 12.4 Å². The van der Waals surface area contributed by atoms with E-state index in [0.717, 1.165) is 12.6 Å². The van der Waals surface area contributed by atoms with Crippen LogP contribution >= 0.6 is 0 Å². The lowest BCUT2D eigenvalue weighted by Gasteiger charge is -2.25. The average Bonchev–Trinajstić information content (AvgIpc) is 3.41. The molecule has 1 aromatic rings. The molecule has 1 aliphatic rings. The maximum atomic E-state index is 4.64. The largest absolute Gasteiger partial charge is 0.244 e. The summed E-state index contributed by atoms with van der Waals surface area (Å²) in [7, 11) is 0. The second-order valence-corrected chi connectivity index (χ2v) is 10.9. The van der Waals surface area contributed by atoms with Gasteiger partial charge in [0.05, 0.1) is 5.92 Å². The minimum absolute atomic E-state index is 0.497. The molecule has 2 heteroatoms. The van der Waals surface area contributed by atoms with E-state index in [0.29, 0.717) is 11.8 Å². The van der Waals surface area contributed by atoms with Crippen molar-refractivity contribution in [1.82, 2.24) is 0 Å². The van der Waals surface area contributed by atoms with Gasteiger partial charge in [-0.2, -0.15) is 0 Å². The van der Waals surface area contributed by atoms with Gasteiger partial charge in [0.15, 0.2) is 12.4 Å². The normalized spacial score (nSPS) is 14.6. The van der Waals surface area contributed by atoms with E-state index in [9.17, 15) is 0 Å². The summed E-state index contributed by atoms with van der Waals surface area (Å²) < 4.78 is 0. The SMILES string of the molecule is CCCCCCCCCCCCCCCCCCC([C+]1N=CC=N1)C(CCC)Cc1ccccc1. The molecule has 196 valence electrons. The highest BCUT2D eigenvalue weighted by molar-refractivity contribution is 6.18. The first-order valence-corrected chi connectivity index (χ1v) is 15.3. The Kier molecular flexibility index (Phi) is 17.5. The Balaban J connectivity index is 1.55. The molecular formula is C33H55N2+. The Morgan fingerprint density at radius 3 is 1.54 bits per heavy atom. The topological polar surface area (TPSA) is 24.7 Å². The fraction of sp³-hybridized carbons (Fsp3) is 0.727. The maximum absolute atomic E-state index is 4.64. The van der Waals surface area contributed by atoms with Crippen LogP contribution in [-0.2, 0) is 6.42 Å². The molecule has 1 heterocycles. The number of rotatable bonds is 23. The van der Waals surface area contributed by atoms with Crippen LogP contribution in [0.4, 0.5) is 0 Å². The first-order valence-electron chi connectivity index (χ1n) is 15.3.